The zero-order valence-electron chi connectivity index (χ0n) is 11.6. The molecule has 0 heterocycles. The van der Waals surface area contributed by atoms with E-state index >= 15 is 0 Å². The van der Waals surface area contributed by atoms with Crippen LogP contribution in [0, 0.1) is 22.6 Å². The van der Waals surface area contributed by atoms with Crippen molar-refractivity contribution < 1.29 is 8.60 Å². The van der Waals surface area contributed by atoms with Crippen LogP contribution in [0.3, 0.4) is 0 Å². The predicted molar refractivity (Wildman–Crippen MR) is 76.5 cm³/mol. The molecule has 2 nitrogen and oxygen atoms in total. The molecule has 0 radical (unpaired) electrons. The van der Waals surface area contributed by atoms with Gasteiger partial charge in [0.25, 0.3) is 0 Å². The second-order valence-electron chi connectivity index (χ2n) is 5.38. The molecular formula is C15H20FNOS. The summed E-state index contributed by atoms with van der Waals surface area (Å²) in [5, 5.41) is 8.81. The summed E-state index contributed by atoms with van der Waals surface area (Å²) in [6.07, 6.45) is 1.50. The molecule has 0 aromatic heterocycles. The Morgan fingerprint density at radius 3 is 2.47 bits per heavy atom. The van der Waals surface area contributed by atoms with Crippen molar-refractivity contribution in [1.82, 2.24) is 0 Å². The Labute approximate surface area is 117 Å². The van der Waals surface area contributed by atoms with Crippen LogP contribution in [-0.2, 0) is 10.8 Å². The van der Waals surface area contributed by atoms with Crippen molar-refractivity contribution in [3.63, 3.8) is 0 Å². The summed E-state index contributed by atoms with van der Waals surface area (Å²) in [5.74, 6) is 0.293. The number of hydrogen-bond acceptors (Lipinski definition) is 2. The number of rotatable bonds is 6. The Bertz CT molecular complexity index is 476. The van der Waals surface area contributed by atoms with Gasteiger partial charge < -0.3 is 0 Å². The van der Waals surface area contributed by atoms with E-state index in [0.29, 0.717) is 5.75 Å². The number of benzene rings is 1. The van der Waals surface area contributed by atoms with Crippen molar-refractivity contribution in [1.29, 1.82) is 5.26 Å². The highest BCUT2D eigenvalue weighted by Crippen LogP contribution is 2.24. The van der Waals surface area contributed by atoms with Crippen molar-refractivity contribution in [2.24, 2.45) is 5.41 Å². The first-order chi connectivity index (χ1) is 8.85. The third kappa shape index (κ3) is 5.12. The summed E-state index contributed by atoms with van der Waals surface area (Å²) in [7, 11) is -0.991. The zero-order chi connectivity index (χ0) is 14.5. The summed E-state index contributed by atoms with van der Waals surface area (Å²) >= 11 is 0. The maximum atomic E-state index is 12.8. The molecule has 1 aromatic carbocycles. The summed E-state index contributed by atoms with van der Waals surface area (Å²) in [6, 6.07) is 8.38. The Morgan fingerprint density at radius 1 is 1.37 bits per heavy atom. The van der Waals surface area contributed by atoms with Crippen LogP contribution in [0.2, 0.25) is 0 Å². The number of hydrogen-bond donors (Lipinski definition) is 0. The van der Waals surface area contributed by atoms with E-state index in [9.17, 15) is 8.60 Å². The maximum absolute atomic E-state index is 12.8. The second kappa shape index (κ2) is 6.81. The third-order valence-electron chi connectivity index (χ3n) is 3.18. The van der Waals surface area contributed by atoms with Gasteiger partial charge in [-0.15, -0.1) is 0 Å². The molecule has 0 aliphatic heterocycles. The minimum atomic E-state index is -0.991. The summed E-state index contributed by atoms with van der Waals surface area (Å²) in [5.41, 5.74) is 0.530. The van der Waals surface area contributed by atoms with Gasteiger partial charge in [0.2, 0.25) is 0 Å². The first kappa shape index (κ1) is 15.8. The highest BCUT2D eigenvalue weighted by molar-refractivity contribution is 7.85. The number of nitriles is 1. The lowest BCUT2D eigenvalue weighted by molar-refractivity contribution is 0.446. The molecular weight excluding hydrogens is 261 g/mol. The molecule has 0 fully saturated rings. The lowest BCUT2D eigenvalue weighted by Gasteiger charge is -2.16. The fraction of sp³-hybridized carbons (Fsp3) is 0.533. The summed E-state index contributed by atoms with van der Waals surface area (Å²) < 4.78 is 25.0. The summed E-state index contributed by atoms with van der Waals surface area (Å²) in [6.45, 7) is 5.66. The monoisotopic (exact) mass is 281 g/mol. The fourth-order valence-electron chi connectivity index (χ4n) is 1.77. The van der Waals surface area contributed by atoms with E-state index in [-0.39, 0.29) is 16.5 Å². The van der Waals surface area contributed by atoms with Crippen LogP contribution in [0.25, 0.3) is 0 Å². The highest BCUT2D eigenvalue weighted by atomic mass is 32.2. The molecule has 0 saturated carbocycles. The van der Waals surface area contributed by atoms with E-state index < -0.39 is 10.8 Å². The second-order valence-corrected chi connectivity index (χ2v) is 7.25. The van der Waals surface area contributed by atoms with Crippen LogP contribution < -0.4 is 0 Å². The van der Waals surface area contributed by atoms with Gasteiger partial charge in [-0.05, 0) is 51.3 Å². The maximum Gasteiger partial charge on any atom is 0.123 e. The topological polar surface area (TPSA) is 40.9 Å². The first-order valence-corrected chi connectivity index (χ1v) is 7.78. The highest BCUT2D eigenvalue weighted by Gasteiger charge is 2.18. The average Bonchev–Trinajstić information content (AvgIpc) is 2.38. The quantitative estimate of drug-likeness (QED) is 0.791. The van der Waals surface area contributed by atoms with E-state index in [1.165, 1.54) is 12.1 Å². The average molecular weight is 281 g/mol. The number of halogens is 1. The molecule has 19 heavy (non-hydrogen) atoms. The van der Waals surface area contributed by atoms with Crippen molar-refractivity contribution in [2.75, 3.05) is 5.75 Å². The van der Waals surface area contributed by atoms with Crippen molar-refractivity contribution in [3.8, 4) is 6.07 Å². The smallest absolute Gasteiger partial charge is 0.123 e. The fourth-order valence-corrected chi connectivity index (χ4v) is 3.02. The van der Waals surface area contributed by atoms with E-state index in [1.807, 2.05) is 20.8 Å². The normalized spacial score (nSPS) is 14.7. The van der Waals surface area contributed by atoms with Gasteiger partial charge >= 0.3 is 0 Å². The largest absolute Gasteiger partial charge is 0.259 e. The summed E-state index contributed by atoms with van der Waals surface area (Å²) in [4.78, 5) is 0. The zero-order valence-corrected chi connectivity index (χ0v) is 12.5. The Kier molecular flexibility index (Phi) is 5.68. The molecule has 0 aliphatic rings. The Hall–Kier alpha value is -1.21. The van der Waals surface area contributed by atoms with E-state index in [4.69, 9.17) is 5.26 Å². The van der Waals surface area contributed by atoms with Crippen molar-refractivity contribution in [3.05, 3.63) is 35.6 Å². The molecule has 1 aromatic rings. The molecule has 0 spiro atoms. The minimum Gasteiger partial charge on any atom is -0.259 e. The Morgan fingerprint density at radius 2 is 1.95 bits per heavy atom. The van der Waals surface area contributed by atoms with Gasteiger partial charge in [-0.25, -0.2) is 4.39 Å². The Balaban J connectivity index is 2.50. The molecule has 0 unspecified atom stereocenters. The van der Waals surface area contributed by atoms with Gasteiger partial charge in [-0.2, -0.15) is 5.26 Å². The molecule has 0 saturated heterocycles. The molecule has 4 heteroatoms. The van der Waals surface area contributed by atoms with Crippen LogP contribution in [0.5, 0.6) is 0 Å². The first-order valence-electron chi connectivity index (χ1n) is 6.39. The van der Waals surface area contributed by atoms with Gasteiger partial charge in [0.1, 0.15) is 5.82 Å². The lowest BCUT2D eigenvalue weighted by atomic mass is 9.90. The van der Waals surface area contributed by atoms with Gasteiger partial charge in [-0.3, -0.25) is 4.21 Å². The van der Waals surface area contributed by atoms with E-state index in [1.54, 1.807) is 12.1 Å². The van der Waals surface area contributed by atoms with Crippen LogP contribution in [0.15, 0.2) is 24.3 Å². The minimum absolute atomic E-state index is 0.106. The van der Waals surface area contributed by atoms with Gasteiger partial charge in [0.15, 0.2) is 0 Å². The standard InChI is InChI=1S/C15H20FNOS/c1-12(13-5-7-14(16)8-6-13)19(18)10-4-9-15(2,3)11-17/h5-8,12H,4,9-10H2,1-3H3/t12-,19+/m1/s1. The van der Waals surface area contributed by atoms with Crippen LogP contribution in [0.1, 0.15) is 44.4 Å². The molecule has 0 aliphatic carbocycles. The van der Waals surface area contributed by atoms with Crippen LogP contribution in [0.4, 0.5) is 4.39 Å². The molecule has 104 valence electrons. The van der Waals surface area contributed by atoms with Crippen molar-refractivity contribution >= 4 is 10.8 Å². The van der Waals surface area contributed by atoms with E-state index in [0.717, 1.165) is 18.4 Å². The van der Waals surface area contributed by atoms with Crippen LogP contribution >= 0.6 is 0 Å². The van der Waals surface area contributed by atoms with Gasteiger partial charge in [-0.1, -0.05) is 12.1 Å². The van der Waals surface area contributed by atoms with Crippen molar-refractivity contribution in [2.45, 2.75) is 38.9 Å². The third-order valence-corrected chi connectivity index (χ3v) is 4.94. The molecule has 0 bridgehead atoms. The molecule has 1 rings (SSSR count). The van der Waals surface area contributed by atoms with Gasteiger partial charge in [0, 0.05) is 16.6 Å². The van der Waals surface area contributed by atoms with E-state index in [2.05, 4.69) is 6.07 Å². The lowest BCUT2D eigenvalue weighted by Crippen LogP contribution is -2.12. The predicted octanol–water partition coefficient (Wildman–Crippen LogP) is 3.97. The number of nitrogens with zero attached hydrogens (tertiary/aromatic N) is 1. The van der Waals surface area contributed by atoms with Crippen LogP contribution in [-0.4, -0.2) is 9.96 Å². The molecule has 0 amide bonds. The molecule has 2 atom stereocenters. The van der Waals surface area contributed by atoms with Gasteiger partial charge in [0.05, 0.1) is 16.7 Å². The molecule has 0 N–H and O–H groups in total. The SMILES string of the molecule is C[C@H](c1ccc(F)cc1)[S@@](=O)CCCC(C)(C)C#N.